The Bertz CT molecular complexity index is 544. The van der Waals surface area contributed by atoms with Crippen molar-refractivity contribution < 1.29 is 13.5 Å². The third-order valence-electron chi connectivity index (χ3n) is 3.72. The molecule has 0 bridgehead atoms. The van der Waals surface area contributed by atoms with Crippen molar-refractivity contribution in [3.63, 3.8) is 0 Å². The van der Waals surface area contributed by atoms with Crippen LogP contribution in [0.1, 0.15) is 45.7 Å². The maximum Gasteiger partial charge on any atom is 0.175 e. The Balaban J connectivity index is 2.86. The first-order valence-electron chi connectivity index (χ1n) is 7.22. The fourth-order valence-corrected chi connectivity index (χ4v) is 2.93. The Hall–Kier alpha value is -0.910. The van der Waals surface area contributed by atoms with Gasteiger partial charge in [0.2, 0.25) is 0 Å². The van der Waals surface area contributed by atoms with Crippen LogP contribution in [0.5, 0.6) is 0 Å². The molecular formula is C16H27NO3S. The average molecular weight is 313 g/mol. The van der Waals surface area contributed by atoms with Crippen LogP contribution in [0.4, 0.5) is 0 Å². The lowest BCUT2D eigenvalue weighted by atomic mass is 9.84. The maximum atomic E-state index is 11.5. The van der Waals surface area contributed by atoms with Gasteiger partial charge in [-0.2, -0.15) is 0 Å². The van der Waals surface area contributed by atoms with Crippen LogP contribution in [-0.2, 0) is 9.84 Å². The van der Waals surface area contributed by atoms with Crippen molar-refractivity contribution in [2.45, 2.75) is 51.1 Å². The van der Waals surface area contributed by atoms with Gasteiger partial charge in [-0.15, -0.1) is 0 Å². The van der Waals surface area contributed by atoms with Crippen molar-refractivity contribution in [2.75, 3.05) is 12.9 Å². The van der Waals surface area contributed by atoms with Crippen molar-refractivity contribution in [3.05, 3.63) is 29.8 Å². The van der Waals surface area contributed by atoms with E-state index in [2.05, 4.69) is 26.1 Å². The molecule has 2 N–H and O–H groups in total. The fraction of sp³-hybridized carbons (Fsp3) is 0.625. The topological polar surface area (TPSA) is 66.4 Å². The molecule has 0 aliphatic rings. The molecule has 21 heavy (non-hydrogen) atoms. The van der Waals surface area contributed by atoms with Gasteiger partial charge < -0.3 is 10.4 Å². The summed E-state index contributed by atoms with van der Waals surface area (Å²) in [7, 11) is -3.15. The van der Waals surface area contributed by atoms with Crippen LogP contribution in [0, 0.1) is 5.41 Å². The van der Waals surface area contributed by atoms with Gasteiger partial charge >= 0.3 is 0 Å². The average Bonchev–Trinajstić information content (AvgIpc) is 2.36. The molecule has 4 nitrogen and oxygen atoms in total. The van der Waals surface area contributed by atoms with Gasteiger partial charge in [-0.05, 0) is 36.5 Å². The summed E-state index contributed by atoms with van der Waals surface area (Å²) in [6.07, 6.45) is 1.90. The SMILES string of the molecule is CC(NC(CCO)C(C)(C)C)c1ccc(S(C)(=O)=O)cc1. The van der Waals surface area contributed by atoms with Gasteiger partial charge in [0.25, 0.3) is 0 Å². The van der Waals surface area contributed by atoms with Crippen LogP contribution in [-0.4, -0.2) is 32.4 Å². The predicted molar refractivity (Wildman–Crippen MR) is 86.0 cm³/mol. The van der Waals surface area contributed by atoms with Crippen molar-refractivity contribution in [1.29, 1.82) is 0 Å². The molecule has 2 atom stereocenters. The smallest absolute Gasteiger partial charge is 0.175 e. The minimum absolute atomic E-state index is 0.0453. The molecule has 2 unspecified atom stereocenters. The molecule has 0 amide bonds. The first-order chi connectivity index (χ1) is 9.55. The standard InChI is InChI=1S/C16H27NO3S/c1-12(17-15(10-11-18)16(2,3)4)13-6-8-14(9-7-13)21(5,19)20/h6-9,12,15,17-18H,10-11H2,1-5H3. The third-order valence-corrected chi connectivity index (χ3v) is 4.85. The Morgan fingerprint density at radius 2 is 1.71 bits per heavy atom. The highest BCUT2D eigenvalue weighted by Gasteiger charge is 2.25. The highest BCUT2D eigenvalue weighted by atomic mass is 32.2. The molecule has 0 aliphatic heterocycles. The second-order valence-corrected chi connectivity index (χ2v) is 8.68. The van der Waals surface area contributed by atoms with Crippen molar-refractivity contribution in [1.82, 2.24) is 5.32 Å². The maximum absolute atomic E-state index is 11.5. The minimum atomic E-state index is -3.15. The van der Waals surface area contributed by atoms with Crippen LogP contribution < -0.4 is 5.32 Å². The lowest BCUT2D eigenvalue weighted by Crippen LogP contribution is -2.42. The Morgan fingerprint density at radius 3 is 2.10 bits per heavy atom. The highest BCUT2D eigenvalue weighted by molar-refractivity contribution is 7.90. The molecule has 0 aromatic heterocycles. The molecule has 0 spiro atoms. The van der Waals surface area contributed by atoms with E-state index in [-0.39, 0.29) is 24.1 Å². The Morgan fingerprint density at radius 1 is 1.19 bits per heavy atom. The normalized spacial score (nSPS) is 15.7. The molecule has 1 aromatic rings. The second kappa shape index (κ2) is 6.90. The van der Waals surface area contributed by atoms with E-state index in [0.717, 1.165) is 5.56 Å². The zero-order valence-corrected chi connectivity index (χ0v) is 14.4. The van der Waals surface area contributed by atoms with Crippen molar-refractivity contribution in [3.8, 4) is 0 Å². The number of aliphatic hydroxyl groups is 1. The number of aliphatic hydroxyl groups excluding tert-OH is 1. The summed E-state index contributed by atoms with van der Waals surface area (Å²) in [4.78, 5) is 0.334. The van der Waals surface area contributed by atoms with Crippen LogP contribution in [0.2, 0.25) is 0 Å². The van der Waals surface area contributed by atoms with E-state index in [9.17, 15) is 13.5 Å². The van der Waals surface area contributed by atoms with Crippen molar-refractivity contribution >= 4 is 9.84 Å². The van der Waals surface area contributed by atoms with Crippen molar-refractivity contribution in [2.24, 2.45) is 5.41 Å². The second-order valence-electron chi connectivity index (χ2n) is 6.66. The van der Waals surface area contributed by atoms with Gasteiger partial charge in [-0.3, -0.25) is 0 Å². The van der Waals surface area contributed by atoms with Crippen LogP contribution in [0.15, 0.2) is 29.2 Å². The lowest BCUT2D eigenvalue weighted by molar-refractivity contribution is 0.188. The van der Waals surface area contributed by atoms with Gasteiger partial charge in [0, 0.05) is 24.9 Å². The van der Waals surface area contributed by atoms with Gasteiger partial charge in [-0.1, -0.05) is 32.9 Å². The fourth-order valence-electron chi connectivity index (χ4n) is 2.30. The molecule has 0 saturated carbocycles. The summed E-state index contributed by atoms with van der Waals surface area (Å²) in [5.41, 5.74) is 1.08. The monoisotopic (exact) mass is 313 g/mol. The third kappa shape index (κ3) is 5.41. The quantitative estimate of drug-likeness (QED) is 0.847. The molecule has 0 aliphatic carbocycles. The Labute approximate surface area is 128 Å². The summed E-state index contributed by atoms with van der Waals surface area (Å²) >= 11 is 0. The molecule has 1 aromatic carbocycles. The van der Waals surface area contributed by atoms with Gasteiger partial charge in [0.15, 0.2) is 9.84 Å². The van der Waals surface area contributed by atoms with E-state index in [4.69, 9.17) is 0 Å². The largest absolute Gasteiger partial charge is 0.396 e. The van der Waals surface area contributed by atoms with Gasteiger partial charge in [-0.25, -0.2) is 8.42 Å². The van der Waals surface area contributed by atoms with E-state index >= 15 is 0 Å². The predicted octanol–water partition coefficient (Wildman–Crippen LogP) is 2.54. The lowest BCUT2D eigenvalue weighted by Gasteiger charge is -2.34. The molecule has 0 saturated heterocycles. The molecular weight excluding hydrogens is 286 g/mol. The number of hydrogen-bond acceptors (Lipinski definition) is 4. The highest BCUT2D eigenvalue weighted by Crippen LogP contribution is 2.25. The number of sulfone groups is 1. The van der Waals surface area contributed by atoms with E-state index in [1.807, 2.05) is 19.1 Å². The summed E-state index contributed by atoms with van der Waals surface area (Å²) < 4.78 is 22.9. The number of hydrogen-bond donors (Lipinski definition) is 2. The first-order valence-corrected chi connectivity index (χ1v) is 9.12. The summed E-state index contributed by atoms with van der Waals surface area (Å²) in [6, 6.07) is 7.24. The van der Waals surface area contributed by atoms with Crippen LogP contribution >= 0.6 is 0 Å². The summed E-state index contributed by atoms with van der Waals surface area (Å²) in [5, 5.41) is 12.7. The molecule has 5 heteroatoms. The van der Waals surface area contributed by atoms with Crippen LogP contribution in [0.3, 0.4) is 0 Å². The number of rotatable bonds is 6. The Kier molecular flexibility index (Phi) is 5.96. The van der Waals surface area contributed by atoms with E-state index in [1.54, 1.807) is 12.1 Å². The number of benzene rings is 1. The van der Waals surface area contributed by atoms with Gasteiger partial charge in [0.1, 0.15) is 0 Å². The van der Waals surface area contributed by atoms with E-state index in [0.29, 0.717) is 11.3 Å². The van der Waals surface area contributed by atoms with E-state index in [1.165, 1.54) is 6.26 Å². The van der Waals surface area contributed by atoms with E-state index < -0.39 is 9.84 Å². The molecule has 0 radical (unpaired) electrons. The van der Waals surface area contributed by atoms with Gasteiger partial charge in [0.05, 0.1) is 4.90 Å². The van der Waals surface area contributed by atoms with Crippen LogP contribution in [0.25, 0.3) is 0 Å². The first kappa shape index (κ1) is 18.1. The summed E-state index contributed by atoms with van der Waals surface area (Å²) in [5.74, 6) is 0. The zero-order chi connectivity index (χ0) is 16.3. The molecule has 1 rings (SSSR count). The molecule has 120 valence electrons. The number of nitrogens with one attached hydrogen (secondary N) is 1. The zero-order valence-electron chi connectivity index (χ0n) is 13.6. The molecule has 0 fully saturated rings. The molecule has 0 heterocycles. The summed E-state index contributed by atoms with van der Waals surface area (Å²) in [6.45, 7) is 8.61. The minimum Gasteiger partial charge on any atom is -0.396 e.